The van der Waals surface area contributed by atoms with Gasteiger partial charge in [0.05, 0.1) is 16.3 Å². The van der Waals surface area contributed by atoms with E-state index in [0.29, 0.717) is 33.4 Å². The lowest BCUT2D eigenvalue weighted by molar-refractivity contribution is 0.0999. The Morgan fingerprint density at radius 1 is 1.04 bits per heavy atom. The fourth-order valence-electron chi connectivity index (χ4n) is 3.16. The van der Waals surface area contributed by atoms with E-state index in [9.17, 15) is 13.2 Å². The van der Waals surface area contributed by atoms with Gasteiger partial charge >= 0.3 is 0 Å². The van der Waals surface area contributed by atoms with Crippen LogP contribution < -0.4 is 15.4 Å². The van der Waals surface area contributed by atoms with Crippen molar-refractivity contribution in [3.8, 4) is 0 Å². The number of amides is 1. The molecule has 4 rings (SSSR count). The second-order valence-electron chi connectivity index (χ2n) is 5.91. The fourth-order valence-corrected chi connectivity index (χ4v) is 4.41. The third-order valence-electron chi connectivity index (χ3n) is 4.30. The Kier molecular flexibility index (Phi) is 3.23. The molecular weight excluding hydrogens is 338 g/mol. The topological polar surface area (TPSA) is 92.5 Å². The molecule has 3 aromatic carbocycles. The number of nitrogens with one attached hydrogen (secondary N) is 1. The number of sulfonamides is 1. The molecule has 0 fully saturated rings. The number of benzene rings is 3. The summed E-state index contributed by atoms with van der Waals surface area (Å²) in [4.78, 5) is 14.0. The van der Waals surface area contributed by atoms with Gasteiger partial charge in [-0.25, -0.2) is 8.42 Å². The van der Waals surface area contributed by atoms with E-state index in [1.165, 1.54) is 11.0 Å². The number of carbonyl (C=O) groups is 1. The van der Waals surface area contributed by atoms with Crippen LogP contribution in [0, 0.1) is 0 Å². The first-order valence-electron chi connectivity index (χ1n) is 7.60. The average Bonchev–Trinajstić information content (AvgIpc) is 2.82. The summed E-state index contributed by atoms with van der Waals surface area (Å²) in [6.45, 7) is 0. The quantitative estimate of drug-likeness (QED) is 0.708. The van der Waals surface area contributed by atoms with Gasteiger partial charge in [-0.05, 0) is 36.4 Å². The lowest BCUT2D eigenvalue weighted by atomic mass is 10.1. The Balaban J connectivity index is 1.89. The molecule has 126 valence electrons. The number of nitrogens with zero attached hydrogens (tertiary/aromatic N) is 1. The van der Waals surface area contributed by atoms with Crippen molar-refractivity contribution in [3.63, 3.8) is 0 Å². The Morgan fingerprint density at radius 2 is 1.80 bits per heavy atom. The van der Waals surface area contributed by atoms with E-state index in [1.54, 1.807) is 55.6 Å². The molecule has 7 heteroatoms. The van der Waals surface area contributed by atoms with Gasteiger partial charge in [0.1, 0.15) is 0 Å². The summed E-state index contributed by atoms with van der Waals surface area (Å²) >= 11 is 0. The SMILES string of the molecule is CN1C(=O)c2cccc3c(S(=O)(=O)Nc4cccc(N)c4)ccc1c23. The van der Waals surface area contributed by atoms with Crippen molar-refractivity contribution in [1.82, 2.24) is 0 Å². The zero-order valence-corrected chi connectivity index (χ0v) is 14.2. The Bertz CT molecular complexity index is 1140. The minimum absolute atomic E-state index is 0.124. The molecule has 1 aliphatic heterocycles. The van der Waals surface area contributed by atoms with E-state index in [0.717, 1.165) is 0 Å². The van der Waals surface area contributed by atoms with Crippen LogP contribution in [0.15, 0.2) is 59.5 Å². The van der Waals surface area contributed by atoms with Crippen LogP contribution in [0.3, 0.4) is 0 Å². The summed E-state index contributed by atoms with van der Waals surface area (Å²) in [5.74, 6) is -0.140. The number of anilines is 3. The van der Waals surface area contributed by atoms with Gasteiger partial charge in [0.25, 0.3) is 15.9 Å². The Morgan fingerprint density at radius 3 is 2.56 bits per heavy atom. The summed E-state index contributed by atoms with van der Waals surface area (Å²) in [5, 5.41) is 1.18. The summed E-state index contributed by atoms with van der Waals surface area (Å²) in [6, 6.07) is 14.8. The van der Waals surface area contributed by atoms with E-state index < -0.39 is 10.0 Å². The number of carbonyl (C=O) groups excluding carboxylic acids is 1. The normalized spacial score (nSPS) is 13.5. The number of rotatable bonds is 3. The maximum absolute atomic E-state index is 12.9. The molecule has 3 aromatic rings. The smallest absolute Gasteiger partial charge is 0.262 e. The zero-order chi connectivity index (χ0) is 17.8. The van der Waals surface area contributed by atoms with E-state index >= 15 is 0 Å². The van der Waals surface area contributed by atoms with Crippen LogP contribution in [0.25, 0.3) is 10.8 Å². The minimum Gasteiger partial charge on any atom is -0.399 e. The van der Waals surface area contributed by atoms with Crippen molar-refractivity contribution < 1.29 is 13.2 Å². The predicted molar refractivity (Wildman–Crippen MR) is 98.3 cm³/mol. The van der Waals surface area contributed by atoms with Gasteiger partial charge in [-0.15, -0.1) is 0 Å². The molecule has 0 aromatic heterocycles. The van der Waals surface area contributed by atoms with Crippen LogP contribution in [0.1, 0.15) is 10.4 Å². The van der Waals surface area contributed by atoms with Crippen molar-refractivity contribution in [3.05, 3.63) is 60.2 Å². The average molecular weight is 353 g/mol. The largest absolute Gasteiger partial charge is 0.399 e. The molecular formula is C18H15N3O3S. The minimum atomic E-state index is -3.83. The van der Waals surface area contributed by atoms with Gasteiger partial charge in [0, 0.05) is 29.1 Å². The number of nitrogen functional groups attached to an aromatic ring is 1. The first-order valence-corrected chi connectivity index (χ1v) is 9.09. The summed E-state index contributed by atoms with van der Waals surface area (Å²) in [7, 11) is -2.16. The Labute approximate surface area is 144 Å². The van der Waals surface area contributed by atoms with Crippen LogP contribution >= 0.6 is 0 Å². The van der Waals surface area contributed by atoms with Gasteiger partial charge in [-0.1, -0.05) is 18.2 Å². The molecule has 0 atom stereocenters. The predicted octanol–water partition coefficient (Wildman–Crippen LogP) is 2.81. The van der Waals surface area contributed by atoms with Crippen molar-refractivity contribution in [2.45, 2.75) is 4.90 Å². The molecule has 6 nitrogen and oxygen atoms in total. The van der Waals surface area contributed by atoms with Gasteiger partial charge in [-0.2, -0.15) is 0 Å². The van der Waals surface area contributed by atoms with Crippen LogP contribution in [0.5, 0.6) is 0 Å². The molecule has 0 spiro atoms. The number of hydrogen-bond donors (Lipinski definition) is 2. The lowest BCUT2D eigenvalue weighted by Gasteiger charge is -2.13. The van der Waals surface area contributed by atoms with Crippen LogP contribution in [0.2, 0.25) is 0 Å². The number of hydrogen-bond acceptors (Lipinski definition) is 4. The highest BCUT2D eigenvalue weighted by Crippen LogP contribution is 2.39. The number of nitrogens with two attached hydrogens (primary N) is 1. The lowest BCUT2D eigenvalue weighted by Crippen LogP contribution is -2.20. The molecule has 1 aliphatic rings. The van der Waals surface area contributed by atoms with Crippen molar-refractivity contribution in [1.29, 1.82) is 0 Å². The van der Waals surface area contributed by atoms with E-state index in [1.807, 2.05) is 0 Å². The first kappa shape index (κ1) is 15.5. The van der Waals surface area contributed by atoms with E-state index in [4.69, 9.17) is 5.73 Å². The molecule has 3 N–H and O–H groups in total. The molecule has 25 heavy (non-hydrogen) atoms. The van der Waals surface area contributed by atoms with Gasteiger partial charge < -0.3 is 10.6 Å². The molecule has 0 radical (unpaired) electrons. The third kappa shape index (κ3) is 2.32. The molecule has 0 bridgehead atoms. The van der Waals surface area contributed by atoms with Gasteiger partial charge in [0.15, 0.2) is 0 Å². The molecule has 0 saturated heterocycles. The zero-order valence-electron chi connectivity index (χ0n) is 13.4. The maximum Gasteiger partial charge on any atom is 0.262 e. The summed E-state index contributed by atoms with van der Waals surface area (Å²) in [6.07, 6.45) is 0. The van der Waals surface area contributed by atoms with Crippen molar-refractivity contribution >= 4 is 43.8 Å². The molecule has 0 unspecified atom stereocenters. The Hall–Kier alpha value is -3.06. The maximum atomic E-state index is 12.9. The van der Waals surface area contributed by atoms with Crippen LogP contribution in [-0.2, 0) is 10.0 Å². The second kappa shape index (κ2) is 5.22. The molecule has 1 amide bonds. The summed E-state index contributed by atoms with van der Waals surface area (Å²) < 4.78 is 28.3. The fraction of sp³-hybridized carbons (Fsp3) is 0.0556. The highest BCUT2D eigenvalue weighted by atomic mass is 32.2. The highest BCUT2D eigenvalue weighted by molar-refractivity contribution is 7.93. The standard InChI is InChI=1S/C18H15N3O3S/c1-21-15-8-9-16(13-6-3-7-14(17(13)15)18(21)22)25(23,24)20-12-5-2-4-11(19)10-12/h2-10,20H,19H2,1H3. The van der Waals surface area contributed by atoms with Crippen molar-refractivity contribution in [2.75, 3.05) is 22.4 Å². The van der Waals surface area contributed by atoms with E-state index in [2.05, 4.69) is 4.72 Å². The van der Waals surface area contributed by atoms with Crippen LogP contribution in [0.4, 0.5) is 17.1 Å². The molecule has 0 saturated carbocycles. The second-order valence-corrected chi connectivity index (χ2v) is 7.56. The molecule has 0 aliphatic carbocycles. The highest BCUT2D eigenvalue weighted by Gasteiger charge is 2.30. The van der Waals surface area contributed by atoms with E-state index in [-0.39, 0.29) is 10.8 Å². The van der Waals surface area contributed by atoms with Gasteiger partial charge in [-0.3, -0.25) is 9.52 Å². The van der Waals surface area contributed by atoms with Gasteiger partial charge in [0.2, 0.25) is 0 Å². The summed E-state index contributed by atoms with van der Waals surface area (Å²) in [5.41, 5.74) is 7.78. The third-order valence-corrected chi connectivity index (χ3v) is 5.74. The first-order chi connectivity index (χ1) is 11.9. The molecule has 1 heterocycles. The van der Waals surface area contributed by atoms with Crippen LogP contribution in [-0.4, -0.2) is 21.4 Å². The van der Waals surface area contributed by atoms with Crippen molar-refractivity contribution in [2.24, 2.45) is 0 Å². The monoisotopic (exact) mass is 353 g/mol.